The molecule has 9 nitrogen and oxygen atoms in total. The maximum Gasteiger partial charge on any atom is 0.283 e. The molecule has 2 aromatic heterocycles. The first-order valence-corrected chi connectivity index (χ1v) is 11.3. The van der Waals surface area contributed by atoms with Crippen molar-refractivity contribution < 1.29 is 9.72 Å². The Labute approximate surface area is 186 Å². The molecule has 0 bridgehead atoms. The number of carbonyl (C=O) groups excluding carboxylic acids is 1. The summed E-state index contributed by atoms with van der Waals surface area (Å²) in [5, 5.41) is 23.8. The Bertz CT molecular complexity index is 1170. The van der Waals surface area contributed by atoms with E-state index in [9.17, 15) is 14.9 Å². The summed E-state index contributed by atoms with van der Waals surface area (Å²) >= 11 is 2.67. The van der Waals surface area contributed by atoms with Crippen LogP contribution in [0, 0.1) is 16.0 Å². The third-order valence-electron chi connectivity index (χ3n) is 4.98. The average molecular weight is 457 g/mol. The van der Waals surface area contributed by atoms with E-state index in [-0.39, 0.29) is 11.6 Å². The molecule has 1 amide bonds. The van der Waals surface area contributed by atoms with Gasteiger partial charge >= 0.3 is 0 Å². The van der Waals surface area contributed by atoms with Gasteiger partial charge in [-0.2, -0.15) is 5.10 Å². The molecular weight excluding hydrogens is 436 g/mol. The number of hydrazone groups is 1. The van der Waals surface area contributed by atoms with Crippen molar-refractivity contribution in [3.8, 4) is 0 Å². The molecule has 1 aliphatic carbocycles. The molecule has 0 aliphatic heterocycles. The van der Waals surface area contributed by atoms with Gasteiger partial charge in [-0.15, -0.1) is 21.5 Å². The Balaban J connectivity index is 1.45. The van der Waals surface area contributed by atoms with Gasteiger partial charge in [0.25, 0.3) is 11.6 Å². The summed E-state index contributed by atoms with van der Waals surface area (Å²) in [6.07, 6.45) is 6.10. The summed E-state index contributed by atoms with van der Waals surface area (Å²) in [7, 11) is 1.77. The van der Waals surface area contributed by atoms with Crippen molar-refractivity contribution in [3.05, 3.63) is 61.6 Å². The predicted molar refractivity (Wildman–Crippen MR) is 119 cm³/mol. The van der Waals surface area contributed by atoms with Crippen LogP contribution in [0.15, 0.2) is 45.7 Å². The van der Waals surface area contributed by atoms with Crippen molar-refractivity contribution in [2.75, 3.05) is 0 Å². The lowest BCUT2D eigenvalue weighted by Crippen LogP contribution is -2.16. The molecule has 160 valence electrons. The number of rotatable bonds is 6. The minimum atomic E-state index is -0.453. The smallest absolute Gasteiger partial charge is 0.283 e. The molecule has 11 heteroatoms. The van der Waals surface area contributed by atoms with Crippen molar-refractivity contribution in [3.63, 3.8) is 0 Å². The van der Waals surface area contributed by atoms with Crippen LogP contribution < -0.4 is 5.43 Å². The number of nitrogens with zero attached hydrogens (tertiary/aromatic N) is 5. The van der Waals surface area contributed by atoms with E-state index in [1.807, 2.05) is 6.07 Å². The van der Waals surface area contributed by atoms with Crippen molar-refractivity contribution in [2.24, 2.45) is 18.1 Å². The summed E-state index contributed by atoms with van der Waals surface area (Å²) in [5.74, 6) is 0.369. The van der Waals surface area contributed by atoms with Crippen molar-refractivity contribution in [2.45, 2.75) is 36.2 Å². The van der Waals surface area contributed by atoms with E-state index in [2.05, 4.69) is 27.6 Å². The zero-order chi connectivity index (χ0) is 22.0. The quantitative estimate of drug-likeness (QED) is 0.342. The number of hydrogen-bond acceptors (Lipinski definition) is 8. The Morgan fingerprint density at radius 3 is 3.03 bits per heavy atom. The second-order valence-corrected chi connectivity index (χ2v) is 9.56. The first-order chi connectivity index (χ1) is 14.9. The molecule has 0 saturated heterocycles. The van der Waals surface area contributed by atoms with Crippen LogP contribution in [0.3, 0.4) is 0 Å². The second-order valence-electron chi connectivity index (χ2n) is 7.42. The molecule has 0 fully saturated rings. The van der Waals surface area contributed by atoms with Gasteiger partial charge in [0, 0.05) is 23.6 Å². The highest BCUT2D eigenvalue weighted by Gasteiger charge is 2.21. The van der Waals surface area contributed by atoms with Crippen LogP contribution in [-0.4, -0.2) is 31.8 Å². The van der Waals surface area contributed by atoms with Crippen LogP contribution in [0.25, 0.3) is 0 Å². The predicted octanol–water partition coefficient (Wildman–Crippen LogP) is 3.82. The number of nitrogens with one attached hydrogen (secondary N) is 1. The Kier molecular flexibility index (Phi) is 6.14. The number of aromatic nitrogens is 3. The fourth-order valence-corrected chi connectivity index (χ4v) is 5.29. The molecule has 3 aromatic rings. The lowest BCUT2D eigenvalue weighted by molar-refractivity contribution is -0.387. The van der Waals surface area contributed by atoms with E-state index in [0.29, 0.717) is 26.4 Å². The normalized spacial score (nSPS) is 15.7. The highest BCUT2D eigenvalue weighted by molar-refractivity contribution is 7.99. The van der Waals surface area contributed by atoms with Crippen molar-refractivity contribution in [1.82, 2.24) is 20.2 Å². The van der Waals surface area contributed by atoms with E-state index in [1.165, 1.54) is 40.4 Å². The number of fused-ring (bicyclic) bond motifs is 1. The molecule has 0 saturated carbocycles. The van der Waals surface area contributed by atoms with Crippen LogP contribution in [0.1, 0.15) is 39.0 Å². The lowest BCUT2D eigenvalue weighted by atomic mass is 9.90. The largest absolute Gasteiger partial charge is 0.311 e. The first-order valence-electron chi connectivity index (χ1n) is 9.66. The fraction of sp³-hybridized carbons (Fsp3) is 0.300. The van der Waals surface area contributed by atoms with Gasteiger partial charge in [-0.3, -0.25) is 14.9 Å². The molecule has 1 atom stereocenters. The molecule has 1 unspecified atom stereocenters. The number of amides is 1. The molecule has 1 aromatic carbocycles. The van der Waals surface area contributed by atoms with Crippen LogP contribution in [0.5, 0.6) is 0 Å². The monoisotopic (exact) mass is 456 g/mol. The maximum absolute atomic E-state index is 12.4. The van der Waals surface area contributed by atoms with E-state index in [0.717, 1.165) is 31.0 Å². The summed E-state index contributed by atoms with van der Waals surface area (Å²) in [5.41, 5.74) is 4.21. The van der Waals surface area contributed by atoms with Gasteiger partial charge in [-0.1, -0.05) is 13.0 Å². The van der Waals surface area contributed by atoms with Crippen molar-refractivity contribution in [1.29, 1.82) is 0 Å². The summed E-state index contributed by atoms with van der Waals surface area (Å²) in [6, 6.07) is 6.70. The first kappa shape index (κ1) is 21.2. The SMILES string of the molecule is CC1CCc2sc(C(=O)NN=Cc3ccc(Sc4nncn4C)c([N+](=O)[O-])c3)cc2C1. The Morgan fingerprint density at radius 1 is 1.45 bits per heavy atom. The van der Waals surface area contributed by atoms with Crippen LogP contribution in [-0.2, 0) is 19.9 Å². The number of benzene rings is 1. The Hall–Kier alpha value is -3.05. The van der Waals surface area contributed by atoms with Gasteiger partial charge in [-0.25, -0.2) is 5.43 Å². The second kappa shape index (κ2) is 8.98. The average Bonchev–Trinajstić information content (AvgIpc) is 3.34. The topological polar surface area (TPSA) is 115 Å². The highest BCUT2D eigenvalue weighted by Crippen LogP contribution is 2.34. The summed E-state index contributed by atoms with van der Waals surface area (Å²) in [6.45, 7) is 2.22. The van der Waals surface area contributed by atoms with Gasteiger partial charge in [0.05, 0.1) is 20.9 Å². The van der Waals surface area contributed by atoms with Crippen LogP contribution in [0.4, 0.5) is 5.69 Å². The zero-order valence-electron chi connectivity index (χ0n) is 16.9. The van der Waals surface area contributed by atoms with Gasteiger partial charge in [0.2, 0.25) is 0 Å². The minimum absolute atomic E-state index is 0.0664. The molecule has 31 heavy (non-hydrogen) atoms. The van der Waals surface area contributed by atoms with Crippen LogP contribution in [0.2, 0.25) is 0 Å². The number of hydrogen-bond donors (Lipinski definition) is 1. The van der Waals surface area contributed by atoms with E-state index < -0.39 is 4.92 Å². The standard InChI is InChI=1S/C20H20N6O3S2/c1-12-3-5-16-14(7-12)9-18(30-16)19(27)23-21-10-13-4-6-17(15(8-13)26(28)29)31-20-24-22-11-25(20)2/h4,6,8-12H,3,5,7H2,1-2H3,(H,23,27). The maximum atomic E-state index is 12.4. The summed E-state index contributed by atoms with van der Waals surface area (Å²) < 4.78 is 1.68. The number of aryl methyl sites for hydroxylation is 2. The van der Waals surface area contributed by atoms with Crippen LogP contribution >= 0.6 is 23.1 Å². The van der Waals surface area contributed by atoms with Gasteiger partial charge in [-0.05, 0) is 54.6 Å². The number of thiophene rings is 1. The highest BCUT2D eigenvalue weighted by atomic mass is 32.2. The lowest BCUT2D eigenvalue weighted by Gasteiger charge is -2.16. The molecule has 0 spiro atoms. The third-order valence-corrected chi connectivity index (χ3v) is 7.34. The molecule has 4 rings (SSSR count). The molecule has 1 aliphatic rings. The minimum Gasteiger partial charge on any atom is -0.311 e. The molecule has 0 radical (unpaired) electrons. The fourth-order valence-electron chi connectivity index (χ4n) is 3.35. The van der Waals surface area contributed by atoms with E-state index in [4.69, 9.17) is 0 Å². The van der Waals surface area contributed by atoms with E-state index in [1.54, 1.807) is 23.7 Å². The number of nitro benzene ring substituents is 1. The van der Waals surface area contributed by atoms with Gasteiger partial charge < -0.3 is 4.57 Å². The number of carbonyl (C=O) groups is 1. The van der Waals surface area contributed by atoms with Gasteiger partial charge in [0.1, 0.15) is 6.33 Å². The van der Waals surface area contributed by atoms with E-state index >= 15 is 0 Å². The summed E-state index contributed by atoms with van der Waals surface area (Å²) in [4.78, 5) is 25.8. The molecule has 1 N–H and O–H groups in total. The Morgan fingerprint density at radius 2 is 2.29 bits per heavy atom. The van der Waals surface area contributed by atoms with Crippen molar-refractivity contribution >= 4 is 40.9 Å². The third kappa shape index (κ3) is 4.83. The van der Waals surface area contributed by atoms with Gasteiger partial charge in [0.15, 0.2) is 5.16 Å². The molecular formula is C20H20N6O3S2. The molecule has 2 heterocycles. The zero-order valence-corrected chi connectivity index (χ0v) is 18.6. The number of nitro groups is 1.